The Bertz CT molecular complexity index is 965. The lowest BCUT2D eigenvalue weighted by Crippen LogP contribution is -2.37. The molecule has 2 aromatic rings. The molecule has 3 rings (SSSR count). The Kier molecular flexibility index (Phi) is 7.30. The molecule has 1 aromatic carbocycles. The molecular weight excluding hydrogens is 416 g/mol. The molecule has 0 unspecified atom stereocenters. The van der Waals surface area contributed by atoms with Gasteiger partial charge in [0, 0.05) is 31.2 Å². The van der Waals surface area contributed by atoms with Crippen molar-refractivity contribution >= 4 is 40.8 Å². The SMILES string of the molecule is CCOC(=O)c1ccc(NC(=O)C[C@H]2C(=O)N(CC)C(=S)N2Cc2cccnc2)cc1. The van der Waals surface area contributed by atoms with Crippen molar-refractivity contribution in [3.05, 3.63) is 59.9 Å². The zero-order valence-corrected chi connectivity index (χ0v) is 18.2. The molecule has 1 aliphatic heterocycles. The first-order chi connectivity index (χ1) is 14.9. The Balaban J connectivity index is 1.69. The summed E-state index contributed by atoms with van der Waals surface area (Å²) in [5, 5.41) is 3.19. The van der Waals surface area contributed by atoms with Gasteiger partial charge in [-0.1, -0.05) is 6.07 Å². The van der Waals surface area contributed by atoms with Gasteiger partial charge in [-0.3, -0.25) is 19.5 Å². The van der Waals surface area contributed by atoms with Gasteiger partial charge < -0.3 is 15.0 Å². The molecule has 0 aliphatic carbocycles. The monoisotopic (exact) mass is 440 g/mol. The lowest BCUT2D eigenvalue weighted by Gasteiger charge is -2.23. The number of nitrogens with zero attached hydrogens (tertiary/aromatic N) is 3. The van der Waals surface area contributed by atoms with Gasteiger partial charge in [-0.15, -0.1) is 0 Å². The second-order valence-corrected chi connectivity index (χ2v) is 7.29. The summed E-state index contributed by atoms with van der Waals surface area (Å²) in [7, 11) is 0. The van der Waals surface area contributed by atoms with E-state index < -0.39 is 12.0 Å². The van der Waals surface area contributed by atoms with E-state index >= 15 is 0 Å². The second kappa shape index (κ2) is 10.1. The van der Waals surface area contributed by atoms with Crippen molar-refractivity contribution in [3.8, 4) is 0 Å². The number of carbonyl (C=O) groups excluding carboxylic acids is 3. The van der Waals surface area contributed by atoms with Crippen molar-refractivity contribution < 1.29 is 19.1 Å². The van der Waals surface area contributed by atoms with Crippen LogP contribution in [0.4, 0.5) is 5.69 Å². The van der Waals surface area contributed by atoms with Crippen molar-refractivity contribution in [1.82, 2.24) is 14.8 Å². The highest BCUT2D eigenvalue weighted by Gasteiger charge is 2.42. The Morgan fingerprint density at radius 3 is 2.55 bits per heavy atom. The van der Waals surface area contributed by atoms with Crippen LogP contribution in [0.1, 0.15) is 36.2 Å². The summed E-state index contributed by atoms with van der Waals surface area (Å²) in [4.78, 5) is 44.7. The molecule has 0 radical (unpaired) electrons. The fourth-order valence-corrected chi connectivity index (χ4v) is 3.75. The first kappa shape index (κ1) is 22.4. The van der Waals surface area contributed by atoms with Gasteiger partial charge in [0.05, 0.1) is 18.6 Å². The summed E-state index contributed by atoms with van der Waals surface area (Å²) >= 11 is 5.49. The topological polar surface area (TPSA) is 91.8 Å². The number of aromatic nitrogens is 1. The highest BCUT2D eigenvalue weighted by Crippen LogP contribution is 2.23. The number of nitrogens with one attached hydrogen (secondary N) is 1. The lowest BCUT2D eigenvalue weighted by molar-refractivity contribution is -0.130. The van der Waals surface area contributed by atoms with Gasteiger partial charge in [-0.25, -0.2) is 4.79 Å². The third kappa shape index (κ3) is 5.24. The summed E-state index contributed by atoms with van der Waals surface area (Å²) in [5.74, 6) is -0.931. The van der Waals surface area contributed by atoms with Crippen LogP contribution in [0.5, 0.6) is 0 Å². The van der Waals surface area contributed by atoms with Crippen molar-refractivity contribution in [1.29, 1.82) is 0 Å². The van der Waals surface area contributed by atoms with E-state index in [9.17, 15) is 14.4 Å². The summed E-state index contributed by atoms with van der Waals surface area (Å²) in [6.07, 6.45) is 3.34. The van der Waals surface area contributed by atoms with E-state index in [-0.39, 0.29) is 18.2 Å². The number of amides is 2. The van der Waals surface area contributed by atoms with Crippen molar-refractivity contribution in [2.45, 2.75) is 32.9 Å². The van der Waals surface area contributed by atoms with Gasteiger partial charge in [0.25, 0.3) is 5.91 Å². The Morgan fingerprint density at radius 1 is 1.19 bits per heavy atom. The van der Waals surface area contributed by atoms with Crippen LogP contribution in [0.3, 0.4) is 0 Å². The Morgan fingerprint density at radius 2 is 1.94 bits per heavy atom. The number of hydrogen-bond acceptors (Lipinski definition) is 6. The van der Waals surface area contributed by atoms with Crippen molar-refractivity contribution in [3.63, 3.8) is 0 Å². The molecule has 1 saturated heterocycles. The van der Waals surface area contributed by atoms with E-state index in [0.29, 0.717) is 36.1 Å². The van der Waals surface area contributed by atoms with Crippen LogP contribution >= 0.6 is 12.2 Å². The largest absolute Gasteiger partial charge is 0.462 e. The summed E-state index contributed by atoms with van der Waals surface area (Å²) in [5.41, 5.74) is 1.82. The van der Waals surface area contributed by atoms with Crippen LogP contribution < -0.4 is 5.32 Å². The molecule has 9 heteroatoms. The number of likely N-dealkylation sites (N-methyl/N-ethyl adjacent to an activating group) is 1. The number of benzene rings is 1. The maximum Gasteiger partial charge on any atom is 0.338 e. The van der Waals surface area contributed by atoms with Crippen LogP contribution in [0.2, 0.25) is 0 Å². The number of carbonyl (C=O) groups is 3. The third-order valence-corrected chi connectivity index (χ3v) is 5.31. The van der Waals surface area contributed by atoms with Gasteiger partial charge in [0.2, 0.25) is 5.91 Å². The number of ether oxygens (including phenoxy) is 1. The molecule has 0 spiro atoms. The molecule has 2 heterocycles. The molecule has 1 aromatic heterocycles. The van der Waals surface area contributed by atoms with Crippen LogP contribution in [-0.4, -0.2) is 56.9 Å². The van der Waals surface area contributed by atoms with Crippen LogP contribution in [-0.2, 0) is 20.9 Å². The standard InChI is InChI=1S/C22H24N4O4S/c1-3-25-20(28)18(26(22(25)31)14-15-6-5-11-23-13-15)12-19(27)24-17-9-7-16(8-10-17)21(29)30-4-2/h5-11,13,18H,3-4,12,14H2,1-2H3,(H,24,27)/t18-/m0/s1. The Hall–Kier alpha value is -3.33. The average Bonchev–Trinajstić information content (AvgIpc) is 2.98. The summed E-state index contributed by atoms with van der Waals surface area (Å²) < 4.78 is 4.95. The number of esters is 1. The zero-order valence-electron chi connectivity index (χ0n) is 17.4. The molecular formula is C22H24N4O4S. The predicted octanol–water partition coefficient (Wildman–Crippen LogP) is 2.60. The molecule has 2 amide bonds. The predicted molar refractivity (Wildman–Crippen MR) is 119 cm³/mol. The minimum atomic E-state index is -0.688. The quantitative estimate of drug-likeness (QED) is 0.498. The van der Waals surface area contributed by atoms with Gasteiger partial charge in [-0.2, -0.15) is 0 Å². The summed E-state index contributed by atoms with van der Waals surface area (Å²) in [6, 6.07) is 9.43. The number of anilines is 1. The number of pyridine rings is 1. The minimum Gasteiger partial charge on any atom is -0.462 e. The smallest absolute Gasteiger partial charge is 0.338 e. The average molecular weight is 441 g/mol. The molecule has 0 saturated carbocycles. The van der Waals surface area contributed by atoms with E-state index in [1.165, 1.54) is 4.90 Å². The minimum absolute atomic E-state index is 0.0463. The zero-order chi connectivity index (χ0) is 22.4. The molecule has 0 bridgehead atoms. The third-order valence-electron chi connectivity index (χ3n) is 4.85. The van der Waals surface area contributed by atoms with Crippen LogP contribution in [0, 0.1) is 0 Å². The maximum atomic E-state index is 12.9. The molecule has 8 nitrogen and oxygen atoms in total. The van der Waals surface area contributed by atoms with Crippen LogP contribution in [0.15, 0.2) is 48.8 Å². The molecule has 1 fully saturated rings. The fraction of sp³-hybridized carbons (Fsp3) is 0.318. The first-order valence-electron chi connectivity index (χ1n) is 10.0. The van der Waals surface area contributed by atoms with Gasteiger partial charge in [-0.05, 0) is 62.0 Å². The van der Waals surface area contributed by atoms with Crippen molar-refractivity contribution in [2.75, 3.05) is 18.5 Å². The molecule has 31 heavy (non-hydrogen) atoms. The molecule has 1 atom stereocenters. The highest BCUT2D eigenvalue weighted by molar-refractivity contribution is 7.80. The van der Waals surface area contributed by atoms with Crippen LogP contribution in [0.25, 0.3) is 0 Å². The van der Waals surface area contributed by atoms with E-state index in [1.54, 1.807) is 48.5 Å². The number of thiocarbonyl (C=S) groups is 1. The number of hydrogen-bond donors (Lipinski definition) is 1. The fourth-order valence-electron chi connectivity index (χ4n) is 3.34. The number of rotatable bonds is 8. The molecule has 1 N–H and O–H groups in total. The van der Waals surface area contributed by atoms with Crippen molar-refractivity contribution in [2.24, 2.45) is 0 Å². The molecule has 162 valence electrons. The maximum absolute atomic E-state index is 12.9. The van der Waals surface area contributed by atoms with Gasteiger partial charge in [0.15, 0.2) is 5.11 Å². The van der Waals surface area contributed by atoms with Gasteiger partial charge in [0.1, 0.15) is 6.04 Å². The van der Waals surface area contributed by atoms with E-state index in [2.05, 4.69) is 10.3 Å². The van der Waals surface area contributed by atoms with E-state index in [4.69, 9.17) is 17.0 Å². The van der Waals surface area contributed by atoms with E-state index in [1.807, 2.05) is 19.1 Å². The van der Waals surface area contributed by atoms with Gasteiger partial charge >= 0.3 is 5.97 Å². The summed E-state index contributed by atoms with van der Waals surface area (Å²) in [6.45, 7) is 4.70. The highest BCUT2D eigenvalue weighted by atomic mass is 32.1. The molecule has 1 aliphatic rings. The van der Waals surface area contributed by atoms with E-state index in [0.717, 1.165) is 5.56 Å². The Labute approximate surface area is 186 Å². The normalized spacial score (nSPS) is 15.9. The first-order valence-corrected chi connectivity index (χ1v) is 10.4. The second-order valence-electron chi connectivity index (χ2n) is 6.92. The lowest BCUT2D eigenvalue weighted by atomic mass is 10.1.